The first kappa shape index (κ1) is 23.4. The number of nitrogens with zero attached hydrogens (tertiary/aromatic N) is 2. The number of ether oxygens (including phenoxy) is 2. The first-order chi connectivity index (χ1) is 15.5. The molecule has 1 aliphatic rings. The van der Waals surface area contributed by atoms with E-state index >= 15 is 0 Å². The molecule has 9 heteroatoms. The summed E-state index contributed by atoms with van der Waals surface area (Å²) in [6.45, 7) is 1.15. The van der Waals surface area contributed by atoms with Crippen molar-refractivity contribution in [3.8, 4) is 17.6 Å². The number of nitriles is 1. The third-order valence-corrected chi connectivity index (χ3v) is 5.55. The average Bonchev–Trinajstić information content (AvgIpc) is 2.81. The fraction of sp³-hybridized carbons (Fsp3) is 0.348. The molecule has 0 aromatic heterocycles. The molecular weight excluding hydrogens is 437 g/mol. The van der Waals surface area contributed by atoms with Gasteiger partial charge in [-0.25, -0.2) is 4.39 Å². The molecule has 32 heavy (non-hydrogen) atoms. The summed E-state index contributed by atoms with van der Waals surface area (Å²) in [6.07, 6.45) is 1.96. The van der Waals surface area contributed by atoms with Crippen LogP contribution in [0.1, 0.15) is 28.8 Å². The highest BCUT2D eigenvalue weighted by atomic mass is 35.5. The summed E-state index contributed by atoms with van der Waals surface area (Å²) in [6, 6.07) is 9.47. The topological polar surface area (TPSA) is 91.7 Å². The number of hydrogen-bond acceptors (Lipinski definition) is 6. The van der Waals surface area contributed by atoms with Crippen LogP contribution in [0.5, 0.6) is 11.5 Å². The van der Waals surface area contributed by atoms with Crippen LogP contribution >= 0.6 is 11.6 Å². The van der Waals surface area contributed by atoms with Gasteiger partial charge in [0.25, 0.3) is 5.91 Å². The molecule has 1 saturated heterocycles. The summed E-state index contributed by atoms with van der Waals surface area (Å²) in [5.41, 5.74) is 0.750. The zero-order valence-corrected chi connectivity index (χ0v) is 18.3. The van der Waals surface area contributed by atoms with E-state index in [0.29, 0.717) is 60.8 Å². The second kappa shape index (κ2) is 10.8. The highest BCUT2D eigenvalue weighted by Gasteiger charge is 2.27. The summed E-state index contributed by atoms with van der Waals surface area (Å²) in [5.74, 6) is -0.243. The van der Waals surface area contributed by atoms with Crippen molar-refractivity contribution in [3.05, 3.63) is 52.3 Å². The summed E-state index contributed by atoms with van der Waals surface area (Å²) in [5, 5.41) is 12.5. The highest BCUT2D eigenvalue weighted by molar-refractivity contribution is 6.30. The third kappa shape index (κ3) is 5.48. The van der Waals surface area contributed by atoms with E-state index in [1.807, 2.05) is 0 Å². The van der Waals surface area contributed by atoms with Crippen LogP contribution < -0.4 is 14.8 Å². The van der Waals surface area contributed by atoms with Crippen LogP contribution in [0.4, 0.5) is 10.1 Å². The molecule has 0 unspecified atom stereocenters. The van der Waals surface area contributed by atoms with Crippen molar-refractivity contribution in [2.24, 2.45) is 5.92 Å². The molecule has 0 atom stereocenters. The molecule has 7 nitrogen and oxygen atoms in total. The lowest BCUT2D eigenvalue weighted by molar-refractivity contribution is -0.109. The normalized spacial score (nSPS) is 13.9. The maximum absolute atomic E-state index is 14.6. The van der Waals surface area contributed by atoms with E-state index in [1.165, 1.54) is 6.07 Å². The summed E-state index contributed by atoms with van der Waals surface area (Å²) in [4.78, 5) is 25.0. The molecule has 1 aliphatic heterocycles. The Morgan fingerprint density at radius 1 is 1.28 bits per heavy atom. The first-order valence-electron chi connectivity index (χ1n) is 10.2. The Balaban J connectivity index is 1.60. The number of amides is 1. The molecule has 3 rings (SSSR count). The van der Waals surface area contributed by atoms with Crippen LogP contribution in [0.15, 0.2) is 30.3 Å². The van der Waals surface area contributed by atoms with Gasteiger partial charge in [-0.15, -0.1) is 0 Å². The minimum Gasteiger partial charge on any atom is -0.492 e. The summed E-state index contributed by atoms with van der Waals surface area (Å²) in [7, 11) is 1.62. The van der Waals surface area contributed by atoms with Crippen LogP contribution in [0.2, 0.25) is 5.02 Å². The summed E-state index contributed by atoms with van der Waals surface area (Å²) < 4.78 is 25.6. The van der Waals surface area contributed by atoms with E-state index < -0.39 is 11.7 Å². The molecule has 0 spiro atoms. The number of piperidine rings is 1. The molecule has 0 bridgehead atoms. The number of nitrogens with one attached hydrogen (secondary N) is 1. The van der Waals surface area contributed by atoms with Gasteiger partial charge in [-0.2, -0.15) is 5.26 Å². The van der Waals surface area contributed by atoms with Gasteiger partial charge in [-0.05, 0) is 43.0 Å². The van der Waals surface area contributed by atoms with Gasteiger partial charge in [0.2, 0.25) is 0 Å². The van der Waals surface area contributed by atoms with Crippen molar-refractivity contribution in [2.45, 2.75) is 12.8 Å². The van der Waals surface area contributed by atoms with Crippen LogP contribution in [0.3, 0.4) is 0 Å². The molecule has 0 saturated carbocycles. The van der Waals surface area contributed by atoms with E-state index in [4.69, 9.17) is 21.1 Å². The Bertz CT molecular complexity index is 1030. The largest absolute Gasteiger partial charge is 0.492 e. The minimum absolute atomic E-state index is 0.0534. The first-order valence-corrected chi connectivity index (χ1v) is 10.5. The fourth-order valence-electron chi connectivity index (χ4n) is 3.55. The molecule has 2 aromatic rings. The Labute approximate surface area is 190 Å². The Morgan fingerprint density at radius 3 is 2.69 bits per heavy atom. The van der Waals surface area contributed by atoms with Gasteiger partial charge in [0.1, 0.15) is 30.0 Å². The van der Waals surface area contributed by atoms with Crippen LogP contribution in [0.25, 0.3) is 0 Å². The molecule has 0 radical (unpaired) electrons. The molecule has 1 amide bonds. The second-order valence-corrected chi connectivity index (χ2v) is 7.79. The predicted octanol–water partition coefficient (Wildman–Crippen LogP) is 3.90. The SMILES string of the molecule is CNc1cc(C(=O)N2CCC(COc3ccc(Cl)cc3C#N)CC2)c(F)cc1OCC=O. The van der Waals surface area contributed by atoms with E-state index in [1.54, 1.807) is 30.1 Å². The van der Waals surface area contributed by atoms with Gasteiger partial charge < -0.3 is 19.7 Å². The molecule has 1 fully saturated rings. The molecular formula is C23H23ClFN3O4. The number of carbonyl (C=O) groups excluding carboxylic acids is 2. The van der Waals surface area contributed by atoms with Gasteiger partial charge in [-0.1, -0.05) is 11.6 Å². The Hall–Kier alpha value is -3.31. The number of likely N-dealkylation sites (tertiary alicyclic amines) is 1. The average molecular weight is 460 g/mol. The number of hydrogen-bond donors (Lipinski definition) is 1. The summed E-state index contributed by atoms with van der Waals surface area (Å²) >= 11 is 5.91. The third-order valence-electron chi connectivity index (χ3n) is 5.31. The van der Waals surface area contributed by atoms with Crippen molar-refractivity contribution < 1.29 is 23.5 Å². The maximum Gasteiger partial charge on any atom is 0.256 e. The van der Waals surface area contributed by atoms with Crippen LogP contribution in [0, 0.1) is 23.1 Å². The standard InChI is InChI=1S/C23H23ClFN3O4/c1-27-20-11-18(19(25)12-22(20)31-9-8-29)23(30)28-6-4-15(5-7-28)14-32-21-3-2-17(24)10-16(21)13-26/h2-3,8,10-12,15,27H,4-7,9,14H2,1H3. The Morgan fingerprint density at radius 2 is 2.03 bits per heavy atom. The molecule has 2 aromatic carbocycles. The fourth-order valence-corrected chi connectivity index (χ4v) is 3.73. The van der Waals surface area contributed by atoms with Gasteiger partial charge in [0.15, 0.2) is 6.29 Å². The van der Waals surface area contributed by atoms with Gasteiger partial charge in [0, 0.05) is 31.2 Å². The van der Waals surface area contributed by atoms with Crippen molar-refractivity contribution in [3.63, 3.8) is 0 Å². The number of rotatable bonds is 8. The number of benzene rings is 2. The zero-order chi connectivity index (χ0) is 23.1. The van der Waals surface area contributed by atoms with Crippen molar-refractivity contribution in [1.29, 1.82) is 5.26 Å². The number of anilines is 1. The van der Waals surface area contributed by atoms with Gasteiger partial charge in [-0.3, -0.25) is 9.59 Å². The minimum atomic E-state index is -0.702. The van der Waals surface area contributed by atoms with Crippen molar-refractivity contribution in [2.75, 3.05) is 38.7 Å². The quantitative estimate of drug-likeness (QED) is 0.602. The highest BCUT2D eigenvalue weighted by Crippen LogP contribution is 2.30. The maximum atomic E-state index is 14.6. The van der Waals surface area contributed by atoms with Crippen molar-refractivity contribution in [1.82, 2.24) is 4.90 Å². The number of carbonyl (C=O) groups is 2. The lowest BCUT2D eigenvalue weighted by Gasteiger charge is -2.32. The Kier molecular flexibility index (Phi) is 7.90. The number of halogens is 2. The lowest BCUT2D eigenvalue weighted by Crippen LogP contribution is -2.40. The van der Waals surface area contributed by atoms with E-state index in [0.717, 1.165) is 6.07 Å². The van der Waals surface area contributed by atoms with Gasteiger partial charge >= 0.3 is 0 Å². The molecule has 168 valence electrons. The van der Waals surface area contributed by atoms with E-state index in [2.05, 4.69) is 11.4 Å². The van der Waals surface area contributed by atoms with Gasteiger partial charge in [0.05, 0.1) is 23.4 Å². The molecule has 0 aliphatic carbocycles. The van der Waals surface area contributed by atoms with Crippen LogP contribution in [-0.4, -0.2) is 50.4 Å². The second-order valence-electron chi connectivity index (χ2n) is 7.35. The van der Waals surface area contributed by atoms with Crippen LogP contribution in [-0.2, 0) is 4.79 Å². The van der Waals surface area contributed by atoms with E-state index in [-0.39, 0.29) is 23.8 Å². The van der Waals surface area contributed by atoms with E-state index in [9.17, 15) is 19.2 Å². The van der Waals surface area contributed by atoms with Crippen molar-refractivity contribution >= 4 is 29.5 Å². The molecule has 1 N–H and O–H groups in total. The monoisotopic (exact) mass is 459 g/mol. The molecule has 1 heterocycles. The predicted molar refractivity (Wildman–Crippen MR) is 118 cm³/mol. The number of aldehydes is 1. The smallest absolute Gasteiger partial charge is 0.256 e. The zero-order valence-electron chi connectivity index (χ0n) is 17.6. The lowest BCUT2D eigenvalue weighted by atomic mass is 9.97.